The molecule has 3 aromatic rings. The number of hydrogen-bond acceptors (Lipinski definition) is 5. The van der Waals surface area contributed by atoms with Crippen LogP contribution in [0, 0.1) is 19.3 Å². The number of terminal acetylenes is 1. The van der Waals surface area contributed by atoms with E-state index >= 15 is 0 Å². The van der Waals surface area contributed by atoms with Crippen molar-refractivity contribution in [3.8, 4) is 29.5 Å². The maximum absolute atomic E-state index is 12.6. The van der Waals surface area contributed by atoms with Crippen LogP contribution in [0.25, 0.3) is 5.69 Å². The molecule has 8 heteroatoms. The van der Waals surface area contributed by atoms with E-state index in [1.807, 2.05) is 18.2 Å². The summed E-state index contributed by atoms with van der Waals surface area (Å²) in [5.74, 6) is 3.15. The number of ether oxygens (including phenoxy) is 2. The maximum Gasteiger partial charge on any atom is 0.274 e. The number of rotatable bonds is 7. The van der Waals surface area contributed by atoms with Crippen molar-refractivity contribution in [3.05, 3.63) is 64.4 Å². The van der Waals surface area contributed by atoms with Gasteiger partial charge in [0.05, 0.1) is 18.5 Å². The van der Waals surface area contributed by atoms with Gasteiger partial charge in [0.1, 0.15) is 6.61 Å². The summed E-state index contributed by atoms with van der Waals surface area (Å²) in [6.45, 7) is 2.17. The van der Waals surface area contributed by atoms with Gasteiger partial charge in [0.25, 0.3) is 5.91 Å². The van der Waals surface area contributed by atoms with Crippen LogP contribution >= 0.6 is 11.6 Å². The smallest absolute Gasteiger partial charge is 0.274 e. The standard InChI is InChI=1S/C21H19ClN4O3/c1-4-10-29-19-11-15(8-9-18(19)28-3)13-23-21(27)20-14(2)26(25-24-20)17-7-5-6-16(22)12-17/h1,5-9,11-12H,10,13H2,2-3H3,(H,23,27). The molecule has 0 aliphatic heterocycles. The van der Waals surface area contributed by atoms with Crippen molar-refractivity contribution >= 4 is 17.5 Å². The Hall–Kier alpha value is -3.50. The zero-order valence-electron chi connectivity index (χ0n) is 16.0. The first-order valence-corrected chi connectivity index (χ1v) is 9.11. The Morgan fingerprint density at radius 3 is 2.83 bits per heavy atom. The molecule has 0 bridgehead atoms. The SMILES string of the molecule is C#CCOc1cc(CNC(=O)c2nnn(-c3cccc(Cl)c3)c2C)ccc1OC. The van der Waals surface area contributed by atoms with E-state index < -0.39 is 0 Å². The lowest BCUT2D eigenvalue weighted by Gasteiger charge is -2.11. The lowest BCUT2D eigenvalue weighted by molar-refractivity contribution is 0.0945. The Balaban J connectivity index is 1.72. The Labute approximate surface area is 173 Å². The maximum atomic E-state index is 12.6. The summed E-state index contributed by atoms with van der Waals surface area (Å²) in [4.78, 5) is 12.6. The Morgan fingerprint density at radius 2 is 2.10 bits per heavy atom. The first-order valence-electron chi connectivity index (χ1n) is 8.73. The van der Waals surface area contributed by atoms with E-state index in [-0.39, 0.29) is 24.8 Å². The van der Waals surface area contributed by atoms with Crippen LogP contribution in [-0.2, 0) is 6.54 Å². The number of amides is 1. The molecule has 29 heavy (non-hydrogen) atoms. The van der Waals surface area contributed by atoms with Crippen molar-refractivity contribution in [1.29, 1.82) is 0 Å². The Kier molecular flexibility index (Phi) is 6.37. The molecule has 0 aliphatic carbocycles. The second-order valence-corrected chi connectivity index (χ2v) is 6.51. The van der Waals surface area contributed by atoms with Crippen LogP contribution in [0.4, 0.5) is 0 Å². The second-order valence-electron chi connectivity index (χ2n) is 6.08. The average Bonchev–Trinajstić information content (AvgIpc) is 3.12. The van der Waals surface area contributed by atoms with E-state index in [1.165, 1.54) is 0 Å². The second kappa shape index (κ2) is 9.13. The first kappa shape index (κ1) is 20.2. The van der Waals surface area contributed by atoms with Gasteiger partial charge in [0.15, 0.2) is 17.2 Å². The molecule has 0 aliphatic rings. The van der Waals surface area contributed by atoms with Crippen molar-refractivity contribution in [2.24, 2.45) is 0 Å². The third-order valence-electron chi connectivity index (χ3n) is 4.15. The highest BCUT2D eigenvalue weighted by atomic mass is 35.5. The van der Waals surface area contributed by atoms with Gasteiger partial charge >= 0.3 is 0 Å². The van der Waals surface area contributed by atoms with Crippen molar-refractivity contribution in [2.45, 2.75) is 13.5 Å². The lowest BCUT2D eigenvalue weighted by atomic mass is 10.2. The monoisotopic (exact) mass is 410 g/mol. The van der Waals surface area contributed by atoms with E-state index in [2.05, 4.69) is 21.5 Å². The first-order chi connectivity index (χ1) is 14.0. The summed E-state index contributed by atoms with van der Waals surface area (Å²) >= 11 is 6.03. The van der Waals surface area contributed by atoms with Crippen molar-refractivity contribution in [2.75, 3.05) is 13.7 Å². The van der Waals surface area contributed by atoms with Gasteiger partial charge in [-0.3, -0.25) is 4.79 Å². The number of halogens is 1. The van der Waals surface area contributed by atoms with Crippen LogP contribution in [-0.4, -0.2) is 34.6 Å². The van der Waals surface area contributed by atoms with Crippen LogP contribution in [0.5, 0.6) is 11.5 Å². The van der Waals surface area contributed by atoms with Crippen molar-refractivity contribution in [3.63, 3.8) is 0 Å². The zero-order chi connectivity index (χ0) is 20.8. The number of benzene rings is 2. The van der Waals surface area contributed by atoms with E-state index in [9.17, 15) is 4.79 Å². The van der Waals surface area contributed by atoms with Crippen molar-refractivity contribution < 1.29 is 14.3 Å². The predicted molar refractivity (Wildman–Crippen MR) is 110 cm³/mol. The minimum atomic E-state index is -0.335. The molecule has 0 fully saturated rings. The van der Waals surface area contributed by atoms with E-state index in [0.29, 0.717) is 22.2 Å². The van der Waals surface area contributed by atoms with E-state index in [1.54, 1.807) is 43.0 Å². The van der Waals surface area contributed by atoms with Crippen LogP contribution in [0.3, 0.4) is 0 Å². The minimum Gasteiger partial charge on any atom is -0.493 e. The number of carbonyl (C=O) groups is 1. The number of nitrogens with one attached hydrogen (secondary N) is 1. The quantitative estimate of drug-likeness (QED) is 0.605. The Morgan fingerprint density at radius 1 is 1.28 bits per heavy atom. The van der Waals surface area contributed by atoms with Crippen molar-refractivity contribution in [1.82, 2.24) is 20.3 Å². The van der Waals surface area contributed by atoms with Gasteiger partial charge in [0.2, 0.25) is 0 Å². The number of methoxy groups -OCH3 is 1. The number of hydrogen-bond donors (Lipinski definition) is 1. The van der Waals surface area contributed by atoms with Gasteiger partial charge in [-0.05, 0) is 42.8 Å². The number of aromatic nitrogens is 3. The van der Waals surface area contributed by atoms with E-state index in [4.69, 9.17) is 27.5 Å². The minimum absolute atomic E-state index is 0.123. The molecule has 1 amide bonds. The van der Waals surface area contributed by atoms with Gasteiger partial charge in [-0.15, -0.1) is 11.5 Å². The molecule has 1 heterocycles. The fourth-order valence-corrected chi connectivity index (χ4v) is 2.91. The third-order valence-corrected chi connectivity index (χ3v) is 4.39. The van der Waals surface area contributed by atoms with E-state index in [0.717, 1.165) is 11.3 Å². The molecule has 2 aromatic carbocycles. The molecule has 1 N–H and O–H groups in total. The fraction of sp³-hybridized carbons (Fsp3) is 0.190. The summed E-state index contributed by atoms with van der Waals surface area (Å²) in [7, 11) is 1.55. The highest BCUT2D eigenvalue weighted by Gasteiger charge is 2.17. The van der Waals surface area contributed by atoms with Crippen LogP contribution in [0.1, 0.15) is 21.7 Å². The topological polar surface area (TPSA) is 78.3 Å². The van der Waals surface area contributed by atoms with Gasteiger partial charge in [0, 0.05) is 11.6 Å². The molecule has 0 spiro atoms. The highest BCUT2D eigenvalue weighted by Crippen LogP contribution is 2.28. The molecule has 0 saturated carbocycles. The van der Waals surface area contributed by atoms with Gasteiger partial charge in [-0.1, -0.05) is 34.9 Å². The summed E-state index contributed by atoms with van der Waals surface area (Å²) in [6, 6.07) is 12.5. The fourth-order valence-electron chi connectivity index (χ4n) is 2.72. The molecule has 0 saturated heterocycles. The van der Waals surface area contributed by atoms with Gasteiger partial charge < -0.3 is 14.8 Å². The molecule has 7 nitrogen and oxygen atoms in total. The summed E-state index contributed by atoms with van der Waals surface area (Å²) in [6.07, 6.45) is 5.24. The highest BCUT2D eigenvalue weighted by molar-refractivity contribution is 6.30. The van der Waals surface area contributed by atoms with Gasteiger partial charge in [-0.25, -0.2) is 4.68 Å². The van der Waals surface area contributed by atoms with Crippen LogP contribution in [0.2, 0.25) is 5.02 Å². The van der Waals surface area contributed by atoms with Crippen LogP contribution in [0.15, 0.2) is 42.5 Å². The average molecular weight is 411 g/mol. The summed E-state index contributed by atoms with van der Waals surface area (Å²) in [5, 5.41) is 11.5. The largest absolute Gasteiger partial charge is 0.493 e. The summed E-state index contributed by atoms with van der Waals surface area (Å²) in [5.41, 5.74) is 2.40. The molecule has 0 unspecified atom stereocenters. The zero-order valence-corrected chi connectivity index (χ0v) is 16.7. The van der Waals surface area contributed by atoms with Crippen LogP contribution < -0.4 is 14.8 Å². The summed E-state index contributed by atoms with van der Waals surface area (Å²) < 4.78 is 12.3. The normalized spacial score (nSPS) is 10.3. The third kappa shape index (κ3) is 4.68. The number of nitrogens with zero attached hydrogens (tertiary/aromatic N) is 3. The predicted octanol–water partition coefficient (Wildman–Crippen LogP) is 3.18. The Bertz CT molecular complexity index is 1070. The number of carbonyl (C=O) groups excluding carboxylic acids is 1. The molecule has 148 valence electrons. The molecule has 3 rings (SSSR count). The molecule has 0 radical (unpaired) electrons. The lowest BCUT2D eigenvalue weighted by Crippen LogP contribution is -2.24. The molecule has 1 aromatic heterocycles. The van der Waals surface area contributed by atoms with Gasteiger partial charge in [-0.2, -0.15) is 0 Å². The molecular weight excluding hydrogens is 392 g/mol. The molecular formula is C21H19ClN4O3. The molecule has 0 atom stereocenters.